The van der Waals surface area contributed by atoms with Crippen molar-refractivity contribution < 1.29 is 27.8 Å². The van der Waals surface area contributed by atoms with Crippen LogP contribution in [-0.2, 0) is 0 Å². The van der Waals surface area contributed by atoms with E-state index in [9.17, 15) is 0 Å². The summed E-state index contributed by atoms with van der Waals surface area (Å²) in [5.41, 5.74) is 10.1. The van der Waals surface area contributed by atoms with Crippen molar-refractivity contribution in [2.24, 2.45) is 0 Å². The molecule has 5 aromatic carbocycles. The molecule has 48 heavy (non-hydrogen) atoms. The van der Waals surface area contributed by atoms with Crippen LogP contribution >= 0.6 is 0 Å². The van der Waals surface area contributed by atoms with E-state index < -0.39 is 0 Å². The number of fused-ring (bicyclic) bond motifs is 10. The molecule has 232 valence electrons. The topological polar surface area (TPSA) is 69.7 Å². The summed E-state index contributed by atoms with van der Waals surface area (Å²) in [5.74, 6) is 4.50. The van der Waals surface area contributed by atoms with Gasteiger partial charge in [-0.25, -0.2) is 0 Å². The summed E-state index contributed by atoms with van der Waals surface area (Å²) in [7, 11) is 0. The molecule has 4 aliphatic rings. The van der Waals surface area contributed by atoms with Crippen molar-refractivity contribution in [2.45, 2.75) is 6.92 Å². The molecule has 0 unspecified atom stereocenters. The fourth-order valence-electron chi connectivity index (χ4n) is 7.93. The number of aryl methyl sites for hydroxylation is 1. The minimum atomic E-state index is -0.158. The zero-order chi connectivity index (χ0) is 31.5. The van der Waals surface area contributed by atoms with E-state index in [4.69, 9.17) is 27.8 Å². The van der Waals surface area contributed by atoms with E-state index >= 15 is 0 Å². The highest BCUT2D eigenvalue weighted by molar-refractivity contribution is 7.02. The van der Waals surface area contributed by atoms with Crippen LogP contribution in [0.1, 0.15) is 5.56 Å². The molecule has 11 rings (SSSR count). The van der Waals surface area contributed by atoms with Gasteiger partial charge < -0.3 is 27.8 Å². The summed E-state index contributed by atoms with van der Waals surface area (Å²) >= 11 is 0. The normalized spacial score (nSPS) is 15.4. The molecule has 0 amide bonds. The lowest BCUT2D eigenvalue weighted by atomic mass is 9.33. The van der Waals surface area contributed by atoms with Crippen LogP contribution in [0.25, 0.3) is 21.9 Å². The second kappa shape index (κ2) is 9.54. The summed E-state index contributed by atoms with van der Waals surface area (Å²) in [6.45, 7) is 4.07. The van der Waals surface area contributed by atoms with Gasteiger partial charge in [0.1, 0.15) is 37.6 Å². The van der Waals surface area contributed by atoms with Crippen LogP contribution < -0.4 is 45.1 Å². The number of hydrogen-bond donors (Lipinski definition) is 0. The summed E-state index contributed by atoms with van der Waals surface area (Å²) in [6.07, 6.45) is 0. The van der Waals surface area contributed by atoms with Crippen molar-refractivity contribution in [3.63, 3.8) is 0 Å². The Hall–Kier alpha value is -5.96. The number of nitrogens with zero attached hydrogens (tertiary/aromatic N) is 2. The average molecular weight is 630 g/mol. The lowest BCUT2D eigenvalue weighted by Gasteiger charge is -2.41. The molecule has 6 heterocycles. The Bertz CT molecular complexity index is 2320. The van der Waals surface area contributed by atoms with Gasteiger partial charge in [0.2, 0.25) is 11.8 Å². The first-order valence-electron chi connectivity index (χ1n) is 16.3. The van der Waals surface area contributed by atoms with Crippen molar-refractivity contribution in [1.29, 1.82) is 0 Å². The first kappa shape index (κ1) is 26.2. The van der Waals surface area contributed by atoms with Crippen LogP contribution in [0.15, 0.2) is 106 Å². The van der Waals surface area contributed by atoms with Crippen molar-refractivity contribution in [3.8, 4) is 23.0 Å². The molecule has 0 spiro atoms. The molecule has 0 saturated carbocycles. The van der Waals surface area contributed by atoms with Gasteiger partial charge in [-0.1, -0.05) is 36.4 Å². The van der Waals surface area contributed by atoms with Gasteiger partial charge in [0, 0.05) is 45.2 Å². The van der Waals surface area contributed by atoms with Gasteiger partial charge in [0.05, 0.1) is 11.4 Å². The molecule has 0 radical (unpaired) electrons. The number of para-hydroxylation sites is 2. The number of ether oxygens (including phenoxy) is 4. The highest BCUT2D eigenvalue weighted by Crippen LogP contribution is 2.49. The van der Waals surface area contributed by atoms with Crippen LogP contribution in [0, 0.1) is 6.92 Å². The molecule has 0 N–H and O–H groups in total. The molecule has 0 fully saturated rings. The highest BCUT2D eigenvalue weighted by Gasteiger charge is 2.49. The van der Waals surface area contributed by atoms with E-state index in [0.717, 1.165) is 95.9 Å². The van der Waals surface area contributed by atoms with E-state index in [1.807, 2.05) is 36.4 Å². The predicted molar refractivity (Wildman–Crippen MR) is 187 cm³/mol. The van der Waals surface area contributed by atoms with Crippen molar-refractivity contribution >= 4 is 79.6 Å². The first-order chi connectivity index (χ1) is 23.7. The van der Waals surface area contributed by atoms with Crippen molar-refractivity contribution in [3.05, 3.63) is 103 Å². The molecule has 0 aliphatic carbocycles. The third-order valence-corrected chi connectivity index (χ3v) is 9.83. The second-order valence-electron chi connectivity index (χ2n) is 12.6. The van der Waals surface area contributed by atoms with Gasteiger partial charge in [0.15, 0.2) is 23.0 Å². The third kappa shape index (κ3) is 3.50. The Labute approximate surface area is 275 Å². The number of anilines is 6. The molecule has 0 saturated heterocycles. The fourth-order valence-corrected chi connectivity index (χ4v) is 7.93. The molecular formula is C39H27BN2O6. The van der Waals surface area contributed by atoms with E-state index in [-0.39, 0.29) is 6.71 Å². The number of hydrogen-bond acceptors (Lipinski definition) is 8. The number of benzene rings is 5. The van der Waals surface area contributed by atoms with Crippen molar-refractivity contribution in [1.82, 2.24) is 0 Å². The monoisotopic (exact) mass is 630 g/mol. The van der Waals surface area contributed by atoms with Crippen LogP contribution in [0.2, 0.25) is 0 Å². The van der Waals surface area contributed by atoms with Crippen LogP contribution in [-0.4, -0.2) is 33.1 Å². The highest BCUT2D eigenvalue weighted by atomic mass is 16.6. The maximum Gasteiger partial charge on any atom is 0.262 e. The maximum atomic E-state index is 6.85. The molecule has 4 aliphatic heterocycles. The summed E-state index contributed by atoms with van der Waals surface area (Å²) < 4.78 is 37.7. The lowest BCUT2D eigenvalue weighted by Crippen LogP contribution is -2.60. The molecule has 9 heteroatoms. The van der Waals surface area contributed by atoms with Gasteiger partial charge in [0.25, 0.3) is 6.71 Å². The molecule has 7 aromatic rings. The Morgan fingerprint density at radius 1 is 0.500 bits per heavy atom. The number of furan rings is 2. The summed E-state index contributed by atoms with van der Waals surface area (Å²) in [5, 5.41) is 2.14. The van der Waals surface area contributed by atoms with Crippen LogP contribution in [0.3, 0.4) is 0 Å². The average Bonchev–Trinajstić information content (AvgIpc) is 3.70. The van der Waals surface area contributed by atoms with Gasteiger partial charge >= 0.3 is 0 Å². The minimum Gasteiger partial charge on any atom is -0.486 e. The summed E-state index contributed by atoms with van der Waals surface area (Å²) in [4.78, 5) is 4.48. The van der Waals surface area contributed by atoms with E-state index in [1.165, 1.54) is 5.46 Å². The van der Waals surface area contributed by atoms with Crippen LogP contribution in [0.5, 0.6) is 23.0 Å². The fraction of sp³-hybridized carbons (Fsp3) is 0.128. The largest absolute Gasteiger partial charge is 0.486 e. The van der Waals surface area contributed by atoms with E-state index in [1.54, 1.807) is 0 Å². The van der Waals surface area contributed by atoms with Crippen LogP contribution in [0.4, 0.5) is 34.5 Å². The Balaban J connectivity index is 1.25. The maximum absolute atomic E-state index is 6.85. The molecular weight excluding hydrogens is 603 g/mol. The smallest absolute Gasteiger partial charge is 0.262 e. The molecule has 2 aromatic heterocycles. The standard InChI is InChI=1S/C39H27BN2O6/c1-22-18-27-37-28(19-22)42(24-11-13-32-34(21-24)46-17-15-44-32)39-36(26-7-3-5-9-30(26)48-39)40(37)35-25-6-2-4-8-29(25)47-38(35)41(27)23-10-12-31-33(20-23)45-16-14-43-31/h2-13,18-21H,14-17H2,1H3. The summed E-state index contributed by atoms with van der Waals surface area (Å²) in [6, 6.07) is 33.4. The second-order valence-corrected chi connectivity index (χ2v) is 12.6. The number of rotatable bonds is 2. The zero-order valence-electron chi connectivity index (χ0n) is 26.0. The van der Waals surface area contributed by atoms with Gasteiger partial charge in [-0.15, -0.1) is 0 Å². The van der Waals surface area contributed by atoms with E-state index in [2.05, 4.69) is 77.4 Å². The molecule has 8 nitrogen and oxygen atoms in total. The Morgan fingerprint density at radius 3 is 1.46 bits per heavy atom. The predicted octanol–water partition coefficient (Wildman–Crippen LogP) is 7.11. The van der Waals surface area contributed by atoms with Gasteiger partial charge in [-0.05, 0) is 66.5 Å². The lowest BCUT2D eigenvalue weighted by molar-refractivity contribution is 0.171. The molecule has 0 atom stereocenters. The SMILES string of the molecule is Cc1cc2c3c(c1)N(c1ccc4c(c1)OCCO4)c1oc4ccccc4c1B3c1c(oc3ccccc13)N2c1ccc2c(c1)OCCO2. The van der Waals surface area contributed by atoms with Gasteiger partial charge in [-0.2, -0.15) is 0 Å². The quantitative estimate of drug-likeness (QED) is 0.187. The zero-order valence-corrected chi connectivity index (χ0v) is 26.0. The van der Waals surface area contributed by atoms with Crippen molar-refractivity contribution in [2.75, 3.05) is 36.2 Å². The molecule has 0 bridgehead atoms. The Morgan fingerprint density at radius 2 is 0.958 bits per heavy atom. The third-order valence-electron chi connectivity index (χ3n) is 9.83. The first-order valence-corrected chi connectivity index (χ1v) is 16.3. The van der Waals surface area contributed by atoms with E-state index in [0.29, 0.717) is 26.4 Å². The Kier molecular flexibility index (Phi) is 5.20. The minimum absolute atomic E-state index is 0.158. The van der Waals surface area contributed by atoms with Gasteiger partial charge in [-0.3, -0.25) is 9.80 Å².